The first kappa shape index (κ1) is 9.54. The van der Waals surface area contributed by atoms with Crippen LogP contribution in [0.15, 0.2) is 29.8 Å². The van der Waals surface area contributed by atoms with Crippen molar-refractivity contribution in [1.82, 2.24) is 14.6 Å². The van der Waals surface area contributed by atoms with Crippen LogP contribution >= 0.6 is 11.3 Å². The van der Waals surface area contributed by atoms with E-state index in [0.717, 1.165) is 21.9 Å². The maximum Gasteiger partial charge on any atom is 0.212 e. The molecule has 0 spiro atoms. The zero-order chi connectivity index (χ0) is 11.1. The minimum atomic E-state index is 0.952. The summed E-state index contributed by atoms with van der Waals surface area (Å²) in [6.07, 6.45) is 0. The Morgan fingerprint density at radius 2 is 1.88 bits per heavy atom. The number of benzene rings is 1. The fourth-order valence-electron chi connectivity index (χ4n) is 1.78. The van der Waals surface area contributed by atoms with Crippen LogP contribution in [-0.2, 0) is 0 Å². The van der Waals surface area contributed by atoms with Crippen LogP contribution in [0.2, 0.25) is 0 Å². The molecule has 3 rings (SSSR count). The minimum absolute atomic E-state index is 0.952. The number of aryl methyl sites for hydroxylation is 2. The van der Waals surface area contributed by atoms with Crippen molar-refractivity contribution >= 4 is 16.3 Å². The molecule has 3 nitrogen and oxygen atoms in total. The fourth-order valence-corrected chi connectivity index (χ4v) is 2.45. The van der Waals surface area contributed by atoms with Gasteiger partial charge in [-0.05, 0) is 13.8 Å². The zero-order valence-corrected chi connectivity index (χ0v) is 9.95. The third-order valence-corrected chi connectivity index (χ3v) is 3.37. The minimum Gasteiger partial charge on any atom is -0.217 e. The van der Waals surface area contributed by atoms with Gasteiger partial charge in [0.2, 0.25) is 4.96 Å². The largest absolute Gasteiger partial charge is 0.217 e. The lowest BCUT2D eigenvalue weighted by atomic mass is 10.1. The van der Waals surface area contributed by atoms with E-state index in [-0.39, 0.29) is 0 Å². The first-order valence-electron chi connectivity index (χ1n) is 5.11. The number of nitrogens with zero attached hydrogens (tertiary/aromatic N) is 3. The summed E-state index contributed by atoms with van der Waals surface area (Å²) in [7, 11) is 0. The molecular weight excluding hydrogens is 218 g/mol. The normalized spacial score (nSPS) is 11.1. The molecule has 0 saturated heterocycles. The molecule has 0 bridgehead atoms. The van der Waals surface area contributed by atoms with Crippen molar-refractivity contribution in [2.75, 3.05) is 0 Å². The number of imidazole rings is 1. The lowest BCUT2D eigenvalue weighted by Gasteiger charge is -1.99. The van der Waals surface area contributed by atoms with Crippen molar-refractivity contribution in [3.05, 3.63) is 41.0 Å². The Hall–Kier alpha value is -1.68. The van der Waals surface area contributed by atoms with E-state index in [1.165, 1.54) is 5.56 Å². The highest BCUT2D eigenvalue weighted by molar-refractivity contribution is 7.14. The van der Waals surface area contributed by atoms with Crippen LogP contribution in [0, 0.1) is 13.8 Å². The highest BCUT2D eigenvalue weighted by Crippen LogP contribution is 2.24. The second-order valence-electron chi connectivity index (χ2n) is 3.84. The molecule has 0 atom stereocenters. The highest BCUT2D eigenvalue weighted by atomic mass is 32.1. The van der Waals surface area contributed by atoms with E-state index >= 15 is 0 Å². The average molecular weight is 229 g/mol. The molecule has 0 fully saturated rings. The molecule has 3 aromatic rings. The van der Waals surface area contributed by atoms with Crippen molar-refractivity contribution in [3.8, 4) is 11.3 Å². The number of rotatable bonds is 1. The molecule has 80 valence electrons. The van der Waals surface area contributed by atoms with Crippen LogP contribution in [-0.4, -0.2) is 14.6 Å². The summed E-state index contributed by atoms with van der Waals surface area (Å²) in [6, 6.07) is 8.43. The van der Waals surface area contributed by atoms with Gasteiger partial charge in [0.1, 0.15) is 5.51 Å². The van der Waals surface area contributed by atoms with Gasteiger partial charge in [0.25, 0.3) is 0 Å². The summed E-state index contributed by atoms with van der Waals surface area (Å²) in [5.41, 5.74) is 6.36. The van der Waals surface area contributed by atoms with E-state index in [2.05, 4.69) is 48.2 Å². The summed E-state index contributed by atoms with van der Waals surface area (Å²) in [5.74, 6) is 0. The van der Waals surface area contributed by atoms with Gasteiger partial charge in [0, 0.05) is 5.56 Å². The van der Waals surface area contributed by atoms with E-state index in [0.29, 0.717) is 0 Å². The molecule has 2 heterocycles. The van der Waals surface area contributed by atoms with Gasteiger partial charge in [-0.2, -0.15) is 5.10 Å². The van der Waals surface area contributed by atoms with Crippen LogP contribution in [0.3, 0.4) is 0 Å². The molecule has 1 aromatic carbocycles. The number of hydrogen-bond acceptors (Lipinski definition) is 3. The van der Waals surface area contributed by atoms with Crippen LogP contribution < -0.4 is 0 Å². The van der Waals surface area contributed by atoms with E-state index in [9.17, 15) is 0 Å². The zero-order valence-electron chi connectivity index (χ0n) is 9.14. The van der Waals surface area contributed by atoms with Crippen molar-refractivity contribution in [2.45, 2.75) is 13.8 Å². The van der Waals surface area contributed by atoms with Gasteiger partial charge in [-0.3, -0.25) is 0 Å². The Morgan fingerprint density at radius 3 is 2.56 bits per heavy atom. The Kier molecular flexibility index (Phi) is 2.04. The van der Waals surface area contributed by atoms with E-state index in [4.69, 9.17) is 0 Å². The Balaban J connectivity index is 2.21. The maximum atomic E-state index is 4.59. The Morgan fingerprint density at radius 1 is 1.12 bits per heavy atom. The average Bonchev–Trinajstić information content (AvgIpc) is 2.84. The molecule has 0 aliphatic heterocycles. The number of hydrogen-bond donors (Lipinski definition) is 0. The molecule has 0 N–H and O–H groups in total. The predicted molar refractivity (Wildman–Crippen MR) is 65.8 cm³/mol. The molecule has 0 aliphatic rings. The molecule has 0 aliphatic carbocycles. The standard InChI is InChI=1S/C12H11N3S/c1-8-3-5-10(6-4-8)11-9(2)15-12(14-11)16-7-13-15/h3-7H,1-2H3. The maximum absolute atomic E-state index is 4.59. The molecular formula is C12H11N3S. The van der Waals surface area contributed by atoms with E-state index in [1.54, 1.807) is 11.3 Å². The second kappa shape index (κ2) is 3.42. The summed E-state index contributed by atoms with van der Waals surface area (Å²) < 4.78 is 1.89. The fraction of sp³-hybridized carbons (Fsp3) is 0.167. The Bertz CT molecular complexity index is 634. The number of fused-ring (bicyclic) bond motifs is 1. The first-order chi connectivity index (χ1) is 7.75. The predicted octanol–water partition coefficient (Wildman–Crippen LogP) is 3.07. The topological polar surface area (TPSA) is 30.2 Å². The second-order valence-corrected chi connectivity index (χ2v) is 4.66. The van der Waals surface area contributed by atoms with Gasteiger partial charge in [0.15, 0.2) is 0 Å². The lowest BCUT2D eigenvalue weighted by molar-refractivity contribution is 0.932. The van der Waals surface area contributed by atoms with Gasteiger partial charge >= 0.3 is 0 Å². The summed E-state index contributed by atoms with van der Waals surface area (Å²) >= 11 is 1.56. The SMILES string of the molecule is Cc1ccc(-c2nc3scnn3c2C)cc1. The molecule has 0 amide bonds. The monoisotopic (exact) mass is 229 g/mol. The molecule has 0 radical (unpaired) electrons. The highest BCUT2D eigenvalue weighted by Gasteiger charge is 2.11. The first-order valence-corrected chi connectivity index (χ1v) is 5.99. The number of aromatic nitrogens is 3. The molecule has 0 saturated carbocycles. The van der Waals surface area contributed by atoms with Crippen LogP contribution in [0.4, 0.5) is 0 Å². The van der Waals surface area contributed by atoms with Crippen LogP contribution in [0.25, 0.3) is 16.2 Å². The van der Waals surface area contributed by atoms with Gasteiger partial charge in [-0.15, -0.1) is 0 Å². The molecule has 16 heavy (non-hydrogen) atoms. The van der Waals surface area contributed by atoms with E-state index in [1.807, 2.05) is 10.0 Å². The smallest absolute Gasteiger partial charge is 0.212 e. The summed E-state index contributed by atoms with van der Waals surface area (Å²) in [5, 5.41) is 4.25. The van der Waals surface area contributed by atoms with Crippen molar-refractivity contribution in [3.63, 3.8) is 0 Å². The molecule has 0 unspecified atom stereocenters. The summed E-state index contributed by atoms with van der Waals surface area (Å²) in [4.78, 5) is 5.54. The molecule has 2 aromatic heterocycles. The summed E-state index contributed by atoms with van der Waals surface area (Å²) in [6.45, 7) is 4.14. The van der Waals surface area contributed by atoms with Gasteiger partial charge < -0.3 is 0 Å². The Labute approximate surface area is 97.4 Å². The van der Waals surface area contributed by atoms with Gasteiger partial charge in [-0.25, -0.2) is 9.50 Å². The van der Waals surface area contributed by atoms with Crippen LogP contribution in [0.1, 0.15) is 11.3 Å². The van der Waals surface area contributed by atoms with Gasteiger partial charge in [0.05, 0.1) is 11.4 Å². The van der Waals surface area contributed by atoms with E-state index < -0.39 is 0 Å². The third kappa shape index (κ3) is 1.34. The quantitative estimate of drug-likeness (QED) is 0.642. The third-order valence-electron chi connectivity index (χ3n) is 2.69. The molecule has 4 heteroatoms. The van der Waals surface area contributed by atoms with Crippen molar-refractivity contribution < 1.29 is 0 Å². The lowest BCUT2D eigenvalue weighted by Crippen LogP contribution is -1.87. The van der Waals surface area contributed by atoms with Gasteiger partial charge in [-0.1, -0.05) is 41.2 Å². The van der Waals surface area contributed by atoms with Crippen LogP contribution in [0.5, 0.6) is 0 Å². The van der Waals surface area contributed by atoms with Crippen molar-refractivity contribution in [1.29, 1.82) is 0 Å². The van der Waals surface area contributed by atoms with Crippen molar-refractivity contribution in [2.24, 2.45) is 0 Å².